The average Bonchev–Trinajstić information content (AvgIpc) is 2.85. The van der Waals surface area contributed by atoms with Gasteiger partial charge in [0, 0.05) is 11.8 Å². The van der Waals surface area contributed by atoms with Gasteiger partial charge in [-0.25, -0.2) is 9.37 Å². The van der Waals surface area contributed by atoms with Gasteiger partial charge in [-0.05, 0) is 48.6 Å². The molecule has 18 heavy (non-hydrogen) atoms. The molecule has 0 fully saturated rings. The third-order valence-electron chi connectivity index (χ3n) is 3.33. The van der Waals surface area contributed by atoms with Crippen molar-refractivity contribution < 1.29 is 9.18 Å². The van der Waals surface area contributed by atoms with Crippen LogP contribution >= 0.6 is 0 Å². The van der Waals surface area contributed by atoms with E-state index in [1.165, 1.54) is 29.5 Å². The number of halogens is 1. The maximum atomic E-state index is 13.5. The number of ketones is 1. The highest BCUT2D eigenvalue weighted by atomic mass is 19.1. The number of hydrogen-bond acceptors (Lipinski definition) is 2. The normalized spacial score (nSPS) is 13.4. The Balaban J connectivity index is 2.01. The van der Waals surface area contributed by atoms with Gasteiger partial charge in [0.25, 0.3) is 0 Å². The molecule has 3 heteroatoms. The van der Waals surface area contributed by atoms with Crippen LogP contribution in [-0.2, 0) is 12.8 Å². The molecule has 0 radical (unpaired) electrons. The number of benzene rings is 1. The smallest absolute Gasteiger partial charge is 0.214 e. The maximum Gasteiger partial charge on any atom is 0.214 e. The van der Waals surface area contributed by atoms with Crippen LogP contribution in [0.2, 0.25) is 0 Å². The molecular formula is C15H12FNO. The van der Waals surface area contributed by atoms with E-state index in [9.17, 15) is 9.18 Å². The van der Waals surface area contributed by atoms with Gasteiger partial charge in [-0.3, -0.25) is 4.79 Å². The molecule has 1 aliphatic carbocycles. The third-order valence-corrected chi connectivity index (χ3v) is 3.33. The minimum atomic E-state index is -0.567. The monoisotopic (exact) mass is 241 g/mol. The number of fused-ring (bicyclic) bond motifs is 1. The van der Waals surface area contributed by atoms with Crippen molar-refractivity contribution in [3.05, 3.63) is 64.7 Å². The lowest BCUT2D eigenvalue weighted by Crippen LogP contribution is -2.07. The van der Waals surface area contributed by atoms with Gasteiger partial charge in [-0.15, -0.1) is 0 Å². The summed E-state index contributed by atoms with van der Waals surface area (Å²) in [5, 5.41) is 0. The molecule has 90 valence electrons. The van der Waals surface area contributed by atoms with Crippen molar-refractivity contribution in [3.8, 4) is 0 Å². The molecule has 1 aromatic carbocycles. The van der Waals surface area contributed by atoms with Gasteiger partial charge in [-0.1, -0.05) is 12.1 Å². The van der Waals surface area contributed by atoms with Crippen molar-refractivity contribution in [1.29, 1.82) is 0 Å². The minimum Gasteiger partial charge on any atom is -0.287 e. The molecule has 0 saturated carbocycles. The summed E-state index contributed by atoms with van der Waals surface area (Å²) < 4.78 is 13.5. The number of rotatable bonds is 2. The van der Waals surface area contributed by atoms with Crippen LogP contribution in [0.3, 0.4) is 0 Å². The summed E-state index contributed by atoms with van der Waals surface area (Å²) in [6.07, 6.45) is 4.64. The number of hydrogen-bond donors (Lipinski definition) is 0. The summed E-state index contributed by atoms with van der Waals surface area (Å²) in [6, 6.07) is 8.35. The van der Waals surface area contributed by atoms with Crippen LogP contribution in [0.4, 0.5) is 4.39 Å². The number of pyridine rings is 1. The zero-order valence-electron chi connectivity index (χ0n) is 9.82. The predicted octanol–water partition coefficient (Wildman–Crippen LogP) is 2.94. The fraction of sp³-hybridized carbons (Fsp3) is 0.200. The quantitative estimate of drug-likeness (QED) is 0.757. The summed E-state index contributed by atoms with van der Waals surface area (Å²) in [5.41, 5.74) is 2.92. The highest BCUT2D eigenvalue weighted by Crippen LogP contribution is 2.24. The van der Waals surface area contributed by atoms with Crippen molar-refractivity contribution in [2.45, 2.75) is 19.3 Å². The highest BCUT2D eigenvalue weighted by Gasteiger charge is 2.18. The van der Waals surface area contributed by atoms with E-state index in [-0.39, 0.29) is 11.5 Å². The van der Waals surface area contributed by atoms with Gasteiger partial charge >= 0.3 is 0 Å². The van der Waals surface area contributed by atoms with Gasteiger partial charge in [0.05, 0.1) is 0 Å². The SMILES string of the molecule is O=C(c1ccc2c(c1)CCC2)c1ncccc1F. The van der Waals surface area contributed by atoms with Crippen LogP contribution in [0.15, 0.2) is 36.5 Å². The summed E-state index contributed by atoms with van der Waals surface area (Å²) in [6.45, 7) is 0. The molecule has 0 bridgehead atoms. The Morgan fingerprint density at radius 2 is 2.00 bits per heavy atom. The standard InChI is InChI=1S/C15H12FNO/c16-13-5-2-8-17-14(13)15(18)12-7-6-10-3-1-4-11(10)9-12/h2,5-9H,1,3-4H2. The number of carbonyl (C=O) groups is 1. The summed E-state index contributed by atoms with van der Waals surface area (Å²) in [7, 11) is 0. The number of aryl methyl sites for hydroxylation is 2. The molecule has 0 aliphatic heterocycles. The Morgan fingerprint density at radius 3 is 2.83 bits per heavy atom. The summed E-state index contributed by atoms with van der Waals surface area (Å²) >= 11 is 0. The van der Waals surface area contributed by atoms with Crippen LogP contribution in [-0.4, -0.2) is 10.8 Å². The second-order valence-electron chi connectivity index (χ2n) is 4.50. The van der Waals surface area contributed by atoms with E-state index in [1.807, 2.05) is 12.1 Å². The predicted molar refractivity (Wildman–Crippen MR) is 66.1 cm³/mol. The molecular weight excluding hydrogens is 229 g/mol. The number of nitrogens with zero attached hydrogens (tertiary/aromatic N) is 1. The largest absolute Gasteiger partial charge is 0.287 e. The molecule has 2 nitrogen and oxygen atoms in total. The first kappa shape index (κ1) is 11.1. The van der Waals surface area contributed by atoms with Crippen molar-refractivity contribution in [2.24, 2.45) is 0 Å². The van der Waals surface area contributed by atoms with E-state index < -0.39 is 5.82 Å². The molecule has 0 spiro atoms. The van der Waals surface area contributed by atoms with E-state index in [0.717, 1.165) is 19.3 Å². The maximum absolute atomic E-state index is 13.5. The van der Waals surface area contributed by atoms with E-state index >= 15 is 0 Å². The van der Waals surface area contributed by atoms with Crippen LogP contribution in [0.25, 0.3) is 0 Å². The second-order valence-corrected chi connectivity index (χ2v) is 4.50. The Kier molecular flexibility index (Phi) is 2.67. The van der Waals surface area contributed by atoms with E-state index in [1.54, 1.807) is 6.07 Å². The second kappa shape index (κ2) is 4.33. The topological polar surface area (TPSA) is 30.0 Å². The summed E-state index contributed by atoms with van der Waals surface area (Å²) in [4.78, 5) is 16.0. The molecule has 0 amide bonds. The lowest BCUT2D eigenvalue weighted by atomic mass is 10.0. The van der Waals surface area contributed by atoms with E-state index in [2.05, 4.69) is 4.98 Å². The van der Waals surface area contributed by atoms with Gasteiger partial charge in [0.15, 0.2) is 5.82 Å². The van der Waals surface area contributed by atoms with Crippen LogP contribution in [0, 0.1) is 5.82 Å². The average molecular weight is 241 g/mol. The van der Waals surface area contributed by atoms with Crippen LogP contribution in [0.1, 0.15) is 33.6 Å². The molecule has 3 rings (SSSR count). The first-order valence-electron chi connectivity index (χ1n) is 6.03. The van der Waals surface area contributed by atoms with E-state index in [4.69, 9.17) is 0 Å². The number of carbonyl (C=O) groups excluding carboxylic acids is 1. The molecule has 1 aromatic heterocycles. The van der Waals surface area contributed by atoms with Crippen molar-refractivity contribution in [2.75, 3.05) is 0 Å². The van der Waals surface area contributed by atoms with Gasteiger partial charge in [0.1, 0.15) is 5.69 Å². The van der Waals surface area contributed by atoms with Gasteiger partial charge in [-0.2, -0.15) is 0 Å². The van der Waals surface area contributed by atoms with Crippen molar-refractivity contribution in [1.82, 2.24) is 4.98 Å². The van der Waals surface area contributed by atoms with Gasteiger partial charge < -0.3 is 0 Å². The zero-order valence-corrected chi connectivity index (χ0v) is 9.82. The number of aromatic nitrogens is 1. The van der Waals surface area contributed by atoms with Gasteiger partial charge in [0.2, 0.25) is 5.78 Å². The Bertz CT molecular complexity index is 622. The van der Waals surface area contributed by atoms with Crippen LogP contribution in [0.5, 0.6) is 0 Å². The molecule has 0 unspecified atom stereocenters. The first-order valence-corrected chi connectivity index (χ1v) is 6.03. The third kappa shape index (κ3) is 1.82. The molecule has 0 atom stereocenters. The molecule has 1 aliphatic rings. The lowest BCUT2D eigenvalue weighted by Gasteiger charge is -2.04. The highest BCUT2D eigenvalue weighted by molar-refractivity contribution is 6.08. The first-order chi connectivity index (χ1) is 8.75. The van der Waals surface area contributed by atoms with Crippen molar-refractivity contribution in [3.63, 3.8) is 0 Å². The molecule has 1 heterocycles. The Labute approximate surface area is 104 Å². The molecule has 2 aromatic rings. The summed E-state index contributed by atoms with van der Waals surface area (Å²) in [5.74, 6) is -0.911. The van der Waals surface area contributed by atoms with E-state index in [0.29, 0.717) is 5.56 Å². The zero-order chi connectivity index (χ0) is 12.5. The Hall–Kier alpha value is -2.03. The fourth-order valence-corrected chi connectivity index (χ4v) is 2.40. The van der Waals surface area contributed by atoms with Crippen LogP contribution < -0.4 is 0 Å². The molecule has 0 N–H and O–H groups in total. The van der Waals surface area contributed by atoms with Crippen molar-refractivity contribution >= 4 is 5.78 Å². The minimum absolute atomic E-state index is 0.101. The Morgan fingerprint density at radius 1 is 1.17 bits per heavy atom. The lowest BCUT2D eigenvalue weighted by molar-refractivity contribution is 0.103. The fourth-order valence-electron chi connectivity index (χ4n) is 2.40. The molecule has 0 saturated heterocycles.